The zero-order valence-electron chi connectivity index (χ0n) is 19.5. The van der Waals surface area contributed by atoms with Crippen molar-refractivity contribution in [3.8, 4) is 0 Å². The van der Waals surface area contributed by atoms with Crippen molar-refractivity contribution in [2.24, 2.45) is 11.8 Å². The predicted octanol–water partition coefficient (Wildman–Crippen LogP) is 3.23. The van der Waals surface area contributed by atoms with E-state index < -0.39 is 29.7 Å². The van der Waals surface area contributed by atoms with Gasteiger partial charge in [-0.05, 0) is 30.7 Å². The molecule has 9 heteroatoms. The van der Waals surface area contributed by atoms with Crippen molar-refractivity contribution >= 4 is 34.9 Å². The van der Waals surface area contributed by atoms with Crippen LogP contribution in [0.2, 0.25) is 0 Å². The fourth-order valence-corrected chi connectivity index (χ4v) is 4.85. The molecule has 2 unspecified atom stereocenters. The Hall–Kier alpha value is -3.07. The number of nitrogens with zero attached hydrogens (tertiary/aromatic N) is 1. The second kappa shape index (κ2) is 12.4. The highest BCUT2D eigenvalue weighted by molar-refractivity contribution is 7.11. The van der Waals surface area contributed by atoms with E-state index in [1.54, 1.807) is 6.20 Å². The molecule has 0 radical (unpaired) electrons. The topological polar surface area (TPSA) is 114 Å². The Morgan fingerprint density at radius 2 is 2.00 bits per heavy atom. The van der Waals surface area contributed by atoms with Crippen LogP contribution in [-0.2, 0) is 38.6 Å². The standard InChI is InChI=1S/C25H31N3O5S/c1-16(2)11-20(28-25(32)33-15-17-7-4-3-5-8-17)21(29)13-18-12-19-14-27-22(34-19)9-6-10-26-24(31)23(18)30/h3-5,7-8,14,16,18,20H,6,9-13,15H2,1-2H3,(H,26,31)(H,28,32). The summed E-state index contributed by atoms with van der Waals surface area (Å²) in [5.74, 6) is -2.26. The average Bonchev–Trinajstić information content (AvgIpc) is 3.25. The number of carbonyl (C=O) groups excluding carboxylic acids is 4. The number of rotatable bonds is 8. The number of hydrogen-bond acceptors (Lipinski definition) is 7. The van der Waals surface area contributed by atoms with Gasteiger partial charge in [-0.2, -0.15) is 0 Å². The molecule has 2 atom stereocenters. The number of aryl methyl sites for hydroxylation is 1. The predicted molar refractivity (Wildman–Crippen MR) is 128 cm³/mol. The Labute approximate surface area is 203 Å². The van der Waals surface area contributed by atoms with E-state index in [2.05, 4.69) is 15.6 Å². The van der Waals surface area contributed by atoms with Crippen LogP contribution >= 0.6 is 11.3 Å². The summed E-state index contributed by atoms with van der Waals surface area (Å²) in [6.07, 6.45) is 2.97. The quantitative estimate of drug-likeness (QED) is 0.555. The Morgan fingerprint density at radius 1 is 1.24 bits per heavy atom. The minimum absolute atomic E-state index is 0.0876. The molecule has 0 saturated carbocycles. The van der Waals surface area contributed by atoms with E-state index >= 15 is 0 Å². The van der Waals surface area contributed by atoms with Crippen LogP contribution < -0.4 is 10.6 Å². The highest BCUT2D eigenvalue weighted by Gasteiger charge is 2.32. The third-order valence-electron chi connectivity index (χ3n) is 5.54. The van der Waals surface area contributed by atoms with E-state index in [-0.39, 0.29) is 31.1 Å². The maximum absolute atomic E-state index is 13.2. The Morgan fingerprint density at radius 3 is 2.74 bits per heavy atom. The van der Waals surface area contributed by atoms with E-state index in [4.69, 9.17) is 4.74 Å². The summed E-state index contributed by atoms with van der Waals surface area (Å²) in [7, 11) is 0. The van der Waals surface area contributed by atoms with Gasteiger partial charge in [0, 0.05) is 36.4 Å². The van der Waals surface area contributed by atoms with Gasteiger partial charge in [0.05, 0.1) is 11.0 Å². The number of nitrogens with one attached hydrogen (secondary N) is 2. The molecule has 1 aromatic heterocycles. The number of aromatic nitrogens is 1. The van der Waals surface area contributed by atoms with Crippen molar-refractivity contribution in [1.29, 1.82) is 0 Å². The number of hydrogen-bond donors (Lipinski definition) is 2. The molecule has 0 aliphatic carbocycles. The summed E-state index contributed by atoms with van der Waals surface area (Å²) in [6, 6.07) is 8.44. The molecule has 2 amide bonds. The maximum atomic E-state index is 13.2. The molecule has 0 spiro atoms. The first-order valence-electron chi connectivity index (χ1n) is 11.6. The van der Waals surface area contributed by atoms with Gasteiger partial charge in [0.25, 0.3) is 5.91 Å². The van der Waals surface area contributed by atoms with E-state index in [0.29, 0.717) is 19.4 Å². The lowest BCUT2D eigenvalue weighted by molar-refractivity contribution is -0.141. The summed E-state index contributed by atoms with van der Waals surface area (Å²) in [6.45, 7) is 4.36. The molecule has 2 aromatic rings. The Balaban J connectivity index is 1.68. The number of alkyl carbamates (subject to hydrolysis) is 1. The highest BCUT2D eigenvalue weighted by Crippen LogP contribution is 2.23. The lowest BCUT2D eigenvalue weighted by Crippen LogP contribution is -2.44. The summed E-state index contributed by atoms with van der Waals surface area (Å²) in [5, 5.41) is 6.26. The zero-order chi connectivity index (χ0) is 24.5. The van der Waals surface area contributed by atoms with Gasteiger partial charge in [0.15, 0.2) is 5.78 Å². The molecule has 3 rings (SSSR count). The van der Waals surface area contributed by atoms with Crippen molar-refractivity contribution in [3.05, 3.63) is 52.0 Å². The fourth-order valence-electron chi connectivity index (χ4n) is 3.81. The van der Waals surface area contributed by atoms with Crippen molar-refractivity contribution in [3.63, 3.8) is 0 Å². The maximum Gasteiger partial charge on any atom is 0.408 e. The molecule has 2 N–H and O–H groups in total. The minimum Gasteiger partial charge on any atom is -0.445 e. The van der Waals surface area contributed by atoms with Crippen LogP contribution in [0.25, 0.3) is 0 Å². The van der Waals surface area contributed by atoms with Crippen molar-refractivity contribution in [2.45, 2.75) is 58.6 Å². The number of Topliss-reactive ketones (excluding diaryl/α,β-unsaturated/α-hetero) is 2. The average molecular weight is 486 g/mol. The van der Waals surface area contributed by atoms with Gasteiger partial charge >= 0.3 is 6.09 Å². The summed E-state index contributed by atoms with van der Waals surface area (Å²) < 4.78 is 5.28. The number of ether oxygens (including phenoxy) is 1. The normalized spacial score (nSPS) is 17.4. The molecule has 0 saturated heterocycles. The molecule has 1 aliphatic rings. The lowest BCUT2D eigenvalue weighted by atomic mass is 9.88. The van der Waals surface area contributed by atoms with Crippen LogP contribution in [0.5, 0.6) is 0 Å². The number of fused-ring (bicyclic) bond motifs is 2. The third kappa shape index (κ3) is 7.76. The second-order valence-corrected chi connectivity index (χ2v) is 10.1. The van der Waals surface area contributed by atoms with Crippen LogP contribution in [0, 0.1) is 11.8 Å². The van der Waals surface area contributed by atoms with Crippen LogP contribution in [0.4, 0.5) is 4.79 Å². The molecular formula is C25H31N3O5S. The Kier molecular flexibility index (Phi) is 9.33. The number of amides is 2. The lowest BCUT2D eigenvalue weighted by Gasteiger charge is -2.22. The monoisotopic (exact) mass is 485 g/mol. The van der Waals surface area contributed by atoms with E-state index in [9.17, 15) is 19.2 Å². The number of thiazole rings is 1. The summed E-state index contributed by atoms with van der Waals surface area (Å²) >= 11 is 1.51. The van der Waals surface area contributed by atoms with E-state index in [1.807, 2.05) is 44.2 Å². The zero-order valence-corrected chi connectivity index (χ0v) is 20.4. The van der Waals surface area contributed by atoms with Crippen LogP contribution in [0.3, 0.4) is 0 Å². The molecule has 8 nitrogen and oxygen atoms in total. The molecule has 1 aromatic carbocycles. The molecular weight excluding hydrogens is 454 g/mol. The molecule has 2 bridgehead atoms. The number of benzene rings is 1. The number of ketones is 2. The largest absolute Gasteiger partial charge is 0.445 e. The first kappa shape index (κ1) is 25.6. The SMILES string of the molecule is CC(C)CC(NC(=O)OCc1ccccc1)C(=O)CC1Cc2cnc(s2)CCCNC(=O)C1=O. The summed E-state index contributed by atoms with van der Waals surface area (Å²) in [5.41, 5.74) is 0.836. The minimum atomic E-state index is -0.811. The van der Waals surface area contributed by atoms with Gasteiger partial charge in [-0.3, -0.25) is 14.4 Å². The van der Waals surface area contributed by atoms with Crippen LogP contribution in [-0.4, -0.2) is 41.1 Å². The van der Waals surface area contributed by atoms with Gasteiger partial charge in [0.1, 0.15) is 6.61 Å². The van der Waals surface area contributed by atoms with Crippen molar-refractivity contribution in [1.82, 2.24) is 15.6 Å². The first-order valence-corrected chi connectivity index (χ1v) is 12.4. The van der Waals surface area contributed by atoms with Crippen LogP contribution in [0.15, 0.2) is 36.5 Å². The number of carbonyl (C=O) groups is 4. The smallest absolute Gasteiger partial charge is 0.408 e. The third-order valence-corrected chi connectivity index (χ3v) is 6.62. The summed E-state index contributed by atoms with van der Waals surface area (Å²) in [4.78, 5) is 56.1. The first-order chi connectivity index (χ1) is 16.3. The van der Waals surface area contributed by atoms with E-state index in [0.717, 1.165) is 21.9 Å². The van der Waals surface area contributed by atoms with Crippen molar-refractivity contribution in [2.75, 3.05) is 6.54 Å². The van der Waals surface area contributed by atoms with Gasteiger partial charge in [0.2, 0.25) is 5.78 Å². The van der Waals surface area contributed by atoms with Crippen LogP contribution in [0.1, 0.15) is 48.6 Å². The molecule has 0 fully saturated rings. The second-order valence-electron chi connectivity index (χ2n) is 8.90. The molecule has 34 heavy (non-hydrogen) atoms. The van der Waals surface area contributed by atoms with Gasteiger partial charge < -0.3 is 15.4 Å². The van der Waals surface area contributed by atoms with Crippen molar-refractivity contribution < 1.29 is 23.9 Å². The molecule has 2 heterocycles. The van der Waals surface area contributed by atoms with Gasteiger partial charge in [-0.15, -0.1) is 11.3 Å². The van der Waals surface area contributed by atoms with E-state index in [1.165, 1.54) is 11.3 Å². The fraction of sp³-hybridized carbons (Fsp3) is 0.480. The Bertz CT molecular complexity index is 1000. The highest BCUT2D eigenvalue weighted by atomic mass is 32.1. The molecule has 182 valence electrons. The van der Waals surface area contributed by atoms with Gasteiger partial charge in [-0.25, -0.2) is 9.78 Å². The molecule has 1 aliphatic heterocycles. The van der Waals surface area contributed by atoms with Gasteiger partial charge in [-0.1, -0.05) is 44.2 Å².